The molecule has 0 aliphatic carbocycles. The fraction of sp³-hybridized carbons (Fsp3) is 0.571. The Morgan fingerprint density at radius 3 is 2.36 bits per heavy atom. The Bertz CT molecular complexity index is 176. The minimum Gasteiger partial charge on any atom is -0.481 e. The number of rotatable bonds is 3. The van der Waals surface area contributed by atoms with E-state index in [1.807, 2.05) is 0 Å². The zero-order chi connectivity index (χ0) is 8.20. The summed E-state index contributed by atoms with van der Waals surface area (Å²) in [5.74, 6) is 1.30. The number of carbonyl (C=O) groups is 1. The first kappa shape index (κ1) is 12.9. The third kappa shape index (κ3) is 4.65. The highest BCUT2D eigenvalue weighted by Crippen LogP contribution is 2.09. The fourth-order valence-electron chi connectivity index (χ4n) is 0.548. The highest BCUT2D eigenvalue weighted by Gasteiger charge is 2.22. The van der Waals surface area contributed by atoms with Crippen molar-refractivity contribution in [2.24, 2.45) is 5.73 Å². The number of terminal acetylenes is 1. The number of hydrogen-bond donors (Lipinski definition) is 2. The molecule has 0 saturated carbocycles. The highest BCUT2D eigenvalue weighted by atomic mass is 35.5. The summed E-state index contributed by atoms with van der Waals surface area (Å²) in [5, 5.41) is 8.34. The van der Waals surface area contributed by atoms with Crippen LogP contribution in [0.2, 0.25) is 0 Å². The topological polar surface area (TPSA) is 63.3 Å². The summed E-state index contributed by atoms with van der Waals surface area (Å²) in [6, 6.07) is 0. The van der Waals surface area contributed by atoms with Gasteiger partial charge >= 0.3 is 5.97 Å². The van der Waals surface area contributed by atoms with E-state index in [9.17, 15) is 4.79 Å². The van der Waals surface area contributed by atoms with Crippen molar-refractivity contribution in [1.82, 2.24) is 0 Å². The van der Waals surface area contributed by atoms with E-state index in [-0.39, 0.29) is 18.8 Å². The average molecular weight is 178 g/mol. The smallest absolute Gasteiger partial charge is 0.306 e. The number of aliphatic carboxylic acids is 1. The second kappa shape index (κ2) is 5.00. The zero-order valence-corrected chi connectivity index (χ0v) is 7.15. The van der Waals surface area contributed by atoms with Gasteiger partial charge in [-0.2, -0.15) is 0 Å². The van der Waals surface area contributed by atoms with Gasteiger partial charge in [0.15, 0.2) is 0 Å². The monoisotopic (exact) mass is 177 g/mol. The summed E-state index contributed by atoms with van der Waals surface area (Å²) in [6.45, 7) is 1.77. The van der Waals surface area contributed by atoms with Gasteiger partial charge in [-0.25, -0.2) is 0 Å². The van der Waals surface area contributed by atoms with Crippen LogP contribution in [0.15, 0.2) is 0 Å². The summed E-state index contributed by atoms with van der Waals surface area (Å²) in [6.07, 6.45) is 5.34. The van der Waals surface area contributed by atoms with Crippen LogP contribution in [-0.2, 0) is 4.79 Å². The maximum Gasteiger partial charge on any atom is 0.306 e. The Morgan fingerprint density at radius 1 is 1.82 bits per heavy atom. The van der Waals surface area contributed by atoms with E-state index >= 15 is 0 Å². The average Bonchev–Trinajstić information content (AvgIpc) is 1.87. The van der Waals surface area contributed by atoms with Gasteiger partial charge in [0.05, 0.1) is 12.0 Å². The van der Waals surface area contributed by atoms with E-state index in [4.69, 9.17) is 17.3 Å². The van der Waals surface area contributed by atoms with Crippen LogP contribution < -0.4 is 5.73 Å². The van der Waals surface area contributed by atoms with Crippen LogP contribution in [-0.4, -0.2) is 16.6 Å². The molecule has 3 N–H and O–H groups in total. The molecule has 0 aromatic rings. The molecule has 1 unspecified atom stereocenters. The van der Waals surface area contributed by atoms with Crippen LogP contribution >= 0.6 is 12.4 Å². The second-order valence-corrected chi connectivity index (χ2v) is 2.22. The van der Waals surface area contributed by atoms with E-state index in [1.54, 1.807) is 6.92 Å². The molecule has 4 heteroatoms. The first-order valence-electron chi connectivity index (χ1n) is 3.02. The predicted molar refractivity (Wildman–Crippen MR) is 45.5 cm³/mol. The van der Waals surface area contributed by atoms with Crippen molar-refractivity contribution < 1.29 is 9.90 Å². The van der Waals surface area contributed by atoms with Crippen molar-refractivity contribution in [3.05, 3.63) is 0 Å². The highest BCUT2D eigenvalue weighted by molar-refractivity contribution is 5.85. The molecule has 0 aromatic carbocycles. The molecule has 0 bridgehead atoms. The summed E-state index contributed by atoms with van der Waals surface area (Å²) in [7, 11) is 0. The van der Waals surface area contributed by atoms with Crippen molar-refractivity contribution in [2.45, 2.75) is 25.3 Å². The first-order chi connectivity index (χ1) is 4.54. The van der Waals surface area contributed by atoms with Gasteiger partial charge in [0.1, 0.15) is 0 Å². The lowest BCUT2D eigenvalue weighted by atomic mass is 9.95. The van der Waals surface area contributed by atoms with Crippen LogP contribution in [0.5, 0.6) is 0 Å². The number of carboxylic acids is 1. The molecule has 0 amide bonds. The molecule has 0 aliphatic rings. The maximum atomic E-state index is 10.2. The first-order valence-corrected chi connectivity index (χ1v) is 3.02. The van der Waals surface area contributed by atoms with Crippen molar-refractivity contribution >= 4 is 18.4 Å². The lowest BCUT2D eigenvalue weighted by Gasteiger charge is -2.17. The van der Waals surface area contributed by atoms with E-state index < -0.39 is 11.5 Å². The standard InChI is InChI=1S/C7H11NO2.ClH/c1-3-7(8,4-2)5-6(9)10;/h1H,4-5,8H2,2H3,(H,9,10);1H. The molecule has 0 heterocycles. The molecule has 0 fully saturated rings. The van der Waals surface area contributed by atoms with Gasteiger partial charge in [-0.15, -0.1) is 18.8 Å². The van der Waals surface area contributed by atoms with Crippen LogP contribution in [0, 0.1) is 12.3 Å². The number of nitrogens with two attached hydrogens (primary N) is 1. The lowest BCUT2D eigenvalue weighted by molar-refractivity contribution is -0.137. The molecule has 0 rings (SSSR count). The minimum absolute atomic E-state index is 0. The fourth-order valence-corrected chi connectivity index (χ4v) is 0.548. The van der Waals surface area contributed by atoms with Gasteiger partial charge in [0.25, 0.3) is 0 Å². The van der Waals surface area contributed by atoms with Crippen molar-refractivity contribution in [1.29, 1.82) is 0 Å². The molecular weight excluding hydrogens is 166 g/mol. The molecule has 0 aliphatic heterocycles. The number of hydrogen-bond acceptors (Lipinski definition) is 2. The quantitative estimate of drug-likeness (QED) is 0.622. The molecule has 1 atom stereocenters. The molecule has 0 saturated heterocycles. The molecule has 11 heavy (non-hydrogen) atoms. The van der Waals surface area contributed by atoms with Crippen LogP contribution in [0.1, 0.15) is 19.8 Å². The SMILES string of the molecule is C#CC(N)(CC)CC(=O)O.Cl. The second-order valence-electron chi connectivity index (χ2n) is 2.22. The van der Waals surface area contributed by atoms with E-state index in [0.717, 1.165) is 0 Å². The third-order valence-electron chi connectivity index (χ3n) is 1.39. The van der Waals surface area contributed by atoms with Gasteiger partial charge < -0.3 is 10.8 Å². The van der Waals surface area contributed by atoms with Crippen molar-refractivity contribution in [2.75, 3.05) is 0 Å². The Morgan fingerprint density at radius 2 is 2.27 bits per heavy atom. The van der Waals surface area contributed by atoms with Crippen LogP contribution in [0.3, 0.4) is 0 Å². The molecule has 3 nitrogen and oxygen atoms in total. The Kier molecular flexibility index (Phi) is 5.87. The van der Waals surface area contributed by atoms with Gasteiger partial charge in [0, 0.05) is 0 Å². The number of carboxylic acid groups (broad SMARTS) is 1. The van der Waals surface area contributed by atoms with Gasteiger partial charge in [0.2, 0.25) is 0 Å². The molecule has 0 aromatic heterocycles. The van der Waals surface area contributed by atoms with Crippen LogP contribution in [0.4, 0.5) is 0 Å². The van der Waals surface area contributed by atoms with E-state index in [0.29, 0.717) is 6.42 Å². The van der Waals surface area contributed by atoms with Gasteiger partial charge in [-0.05, 0) is 6.42 Å². The summed E-state index contributed by atoms with van der Waals surface area (Å²) in [5.41, 5.74) is 4.51. The van der Waals surface area contributed by atoms with Gasteiger partial charge in [-0.1, -0.05) is 12.8 Å². The van der Waals surface area contributed by atoms with E-state index in [1.165, 1.54) is 0 Å². The predicted octanol–water partition coefficient (Wildman–Crippen LogP) is 0.624. The van der Waals surface area contributed by atoms with Gasteiger partial charge in [-0.3, -0.25) is 4.79 Å². The minimum atomic E-state index is -0.966. The van der Waals surface area contributed by atoms with E-state index in [2.05, 4.69) is 5.92 Å². The molecule has 0 radical (unpaired) electrons. The molecular formula is C7H12ClNO2. The Labute approximate surface area is 72.4 Å². The Hall–Kier alpha value is -0.720. The number of halogens is 1. The largest absolute Gasteiger partial charge is 0.481 e. The van der Waals surface area contributed by atoms with Crippen molar-refractivity contribution in [3.8, 4) is 12.3 Å². The lowest BCUT2D eigenvalue weighted by Crippen LogP contribution is -2.39. The van der Waals surface area contributed by atoms with Crippen LogP contribution in [0.25, 0.3) is 0 Å². The van der Waals surface area contributed by atoms with Crippen molar-refractivity contribution in [3.63, 3.8) is 0 Å². The third-order valence-corrected chi connectivity index (χ3v) is 1.39. The normalized spacial score (nSPS) is 13.9. The summed E-state index contributed by atoms with van der Waals surface area (Å²) in [4.78, 5) is 10.2. The summed E-state index contributed by atoms with van der Waals surface area (Å²) >= 11 is 0. The zero-order valence-electron chi connectivity index (χ0n) is 6.33. The molecule has 0 spiro atoms. The maximum absolute atomic E-state index is 10.2. The Balaban J connectivity index is 0. The summed E-state index contributed by atoms with van der Waals surface area (Å²) < 4.78 is 0. The molecule has 64 valence electrons.